The van der Waals surface area contributed by atoms with Crippen LogP contribution >= 0.6 is 0 Å². The van der Waals surface area contributed by atoms with E-state index in [-0.39, 0.29) is 5.84 Å². The predicted octanol–water partition coefficient (Wildman–Crippen LogP) is 0.409. The molecule has 0 bridgehead atoms. The molecular weight excluding hydrogens is 176 g/mol. The normalized spacial score (nSPS) is 13.3. The number of carbonyl (C=O) groups is 2. The molecule has 6 nitrogen and oxygen atoms in total. The van der Waals surface area contributed by atoms with Gasteiger partial charge in [-0.25, -0.2) is 4.79 Å². The van der Waals surface area contributed by atoms with E-state index in [4.69, 9.17) is 5.73 Å². The molecular formula is C7H12N2O4. The number of aliphatic imine (C=N–C) groups is 1. The van der Waals surface area contributed by atoms with Crippen LogP contribution in [0.5, 0.6) is 0 Å². The molecule has 0 saturated heterocycles. The number of hydrogen-bond acceptors (Lipinski definition) is 4. The van der Waals surface area contributed by atoms with Crippen LogP contribution in [0.4, 0.5) is 4.79 Å². The van der Waals surface area contributed by atoms with Gasteiger partial charge >= 0.3 is 12.1 Å². The maximum Gasteiger partial charge on any atom is 0.438 e. The van der Waals surface area contributed by atoms with Crippen LogP contribution in [0.15, 0.2) is 4.99 Å². The monoisotopic (exact) mass is 188 g/mol. The summed E-state index contributed by atoms with van der Waals surface area (Å²) < 4.78 is 9.03. The van der Waals surface area contributed by atoms with Crippen molar-refractivity contribution in [3.8, 4) is 0 Å². The summed E-state index contributed by atoms with van der Waals surface area (Å²) in [7, 11) is 0. The molecule has 0 radical (unpaired) electrons. The first-order valence-electron chi connectivity index (χ1n) is 3.60. The molecule has 74 valence electrons. The Morgan fingerprint density at radius 3 is 2.23 bits per heavy atom. The average Bonchev–Trinajstić information content (AvgIpc) is 1.80. The van der Waals surface area contributed by atoms with Crippen molar-refractivity contribution in [2.75, 3.05) is 0 Å². The third kappa shape index (κ3) is 6.79. The van der Waals surface area contributed by atoms with Crippen molar-refractivity contribution in [2.24, 2.45) is 10.7 Å². The van der Waals surface area contributed by atoms with Crippen molar-refractivity contribution in [2.45, 2.75) is 27.1 Å². The second-order valence-electron chi connectivity index (χ2n) is 2.31. The zero-order valence-electron chi connectivity index (χ0n) is 7.73. The maximum atomic E-state index is 10.8. The Bertz CT molecular complexity index is 233. The van der Waals surface area contributed by atoms with E-state index in [1.807, 2.05) is 0 Å². The molecule has 0 aliphatic rings. The molecule has 0 aromatic carbocycles. The van der Waals surface area contributed by atoms with Gasteiger partial charge in [0.15, 0.2) is 0 Å². The average molecular weight is 188 g/mol. The first-order valence-corrected chi connectivity index (χ1v) is 3.60. The van der Waals surface area contributed by atoms with E-state index in [2.05, 4.69) is 14.5 Å². The molecule has 0 heterocycles. The summed E-state index contributed by atoms with van der Waals surface area (Å²) in [5.41, 5.74) is 5.11. The van der Waals surface area contributed by atoms with Crippen molar-refractivity contribution < 1.29 is 19.1 Å². The van der Waals surface area contributed by atoms with E-state index in [1.54, 1.807) is 0 Å². The highest BCUT2D eigenvalue weighted by Crippen LogP contribution is 1.96. The summed E-state index contributed by atoms with van der Waals surface area (Å²) in [6.07, 6.45) is -1.83. The highest BCUT2D eigenvalue weighted by Gasteiger charge is 2.10. The number of ether oxygens (including phenoxy) is 2. The first-order chi connectivity index (χ1) is 5.91. The van der Waals surface area contributed by atoms with Gasteiger partial charge in [0.2, 0.25) is 6.29 Å². The third-order valence-electron chi connectivity index (χ3n) is 0.866. The molecule has 0 rings (SSSR count). The van der Waals surface area contributed by atoms with Crippen molar-refractivity contribution >= 4 is 17.9 Å². The molecule has 0 aliphatic heterocycles. The summed E-state index contributed by atoms with van der Waals surface area (Å²) in [6.45, 7) is 4.06. The number of hydrogen-bond donors (Lipinski definition) is 1. The predicted molar refractivity (Wildman–Crippen MR) is 45.0 cm³/mol. The van der Waals surface area contributed by atoms with E-state index in [0.29, 0.717) is 0 Å². The van der Waals surface area contributed by atoms with E-state index in [0.717, 1.165) is 0 Å². The first kappa shape index (κ1) is 11.4. The molecule has 0 aromatic heterocycles. The lowest BCUT2D eigenvalue weighted by Crippen LogP contribution is -2.20. The molecule has 0 spiro atoms. The van der Waals surface area contributed by atoms with Crippen molar-refractivity contribution in [3.05, 3.63) is 0 Å². The van der Waals surface area contributed by atoms with Crippen LogP contribution in [0.2, 0.25) is 0 Å². The van der Waals surface area contributed by atoms with Crippen LogP contribution in [-0.4, -0.2) is 24.2 Å². The number of nitrogens with zero attached hydrogens (tertiary/aromatic N) is 1. The maximum absolute atomic E-state index is 10.8. The van der Waals surface area contributed by atoms with Gasteiger partial charge < -0.3 is 15.2 Å². The quantitative estimate of drug-likeness (QED) is 0.293. The minimum atomic E-state index is -0.951. The highest BCUT2D eigenvalue weighted by molar-refractivity contribution is 5.88. The molecule has 0 aromatic rings. The zero-order chi connectivity index (χ0) is 10.4. The van der Waals surface area contributed by atoms with Crippen LogP contribution in [0, 0.1) is 0 Å². The van der Waals surface area contributed by atoms with Gasteiger partial charge in [-0.2, -0.15) is 4.99 Å². The van der Waals surface area contributed by atoms with E-state index >= 15 is 0 Å². The lowest BCUT2D eigenvalue weighted by molar-refractivity contribution is -0.161. The molecule has 0 saturated carbocycles. The van der Waals surface area contributed by atoms with E-state index in [1.165, 1.54) is 20.8 Å². The number of amidine groups is 1. The fourth-order valence-electron chi connectivity index (χ4n) is 0.570. The Hall–Kier alpha value is -1.59. The van der Waals surface area contributed by atoms with Crippen LogP contribution in [0.25, 0.3) is 0 Å². The number of esters is 1. The highest BCUT2D eigenvalue weighted by atomic mass is 16.7. The Labute approximate surface area is 75.7 Å². The van der Waals surface area contributed by atoms with E-state index < -0.39 is 18.4 Å². The minimum Gasteiger partial charge on any atom is -0.426 e. The van der Waals surface area contributed by atoms with Gasteiger partial charge in [-0.3, -0.25) is 4.79 Å². The second-order valence-corrected chi connectivity index (χ2v) is 2.31. The minimum absolute atomic E-state index is 0.0834. The molecule has 13 heavy (non-hydrogen) atoms. The van der Waals surface area contributed by atoms with Gasteiger partial charge in [-0.05, 0) is 6.92 Å². The largest absolute Gasteiger partial charge is 0.438 e. The Morgan fingerprint density at radius 2 is 1.85 bits per heavy atom. The topological polar surface area (TPSA) is 91.0 Å². The van der Waals surface area contributed by atoms with Crippen LogP contribution in [0.1, 0.15) is 20.8 Å². The van der Waals surface area contributed by atoms with Crippen molar-refractivity contribution in [3.63, 3.8) is 0 Å². The Morgan fingerprint density at radius 1 is 1.31 bits per heavy atom. The van der Waals surface area contributed by atoms with Gasteiger partial charge in [0.25, 0.3) is 0 Å². The standard InChI is InChI=1S/C7H12N2O4/c1-4(8)9-7(11)13-6(3)12-5(2)10/h6H,1-3H3,(H2,8,9,11)/t6-/m1/s1. The van der Waals surface area contributed by atoms with Gasteiger partial charge in [0, 0.05) is 13.8 Å². The second kappa shape index (κ2) is 5.13. The molecule has 6 heteroatoms. The smallest absolute Gasteiger partial charge is 0.426 e. The van der Waals surface area contributed by atoms with Gasteiger partial charge in [-0.1, -0.05) is 0 Å². The van der Waals surface area contributed by atoms with Crippen molar-refractivity contribution in [1.82, 2.24) is 0 Å². The molecule has 1 amide bonds. The summed E-state index contributed by atoms with van der Waals surface area (Å²) in [6, 6.07) is 0. The SMILES string of the molecule is CC(=O)O[C@@H](C)OC(=O)/N=C(/C)N. The fourth-order valence-corrected chi connectivity index (χ4v) is 0.570. The van der Waals surface area contributed by atoms with Gasteiger partial charge in [0.1, 0.15) is 5.84 Å². The summed E-state index contributed by atoms with van der Waals surface area (Å²) >= 11 is 0. The van der Waals surface area contributed by atoms with Crippen LogP contribution in [0.3, 0.4) is 0 Å². The Kier molecular flexibility index (Phi) is 4.50. The van der Waals surface area contributed by atoms with Crippen LogP contribution < -0.4 is 5.73 Å². The van der Waals surface area contributed by atoms with Gasteiger partial charge in [0.05, 0.1) is 0 Å². The summed E-state index contributed by atoms with van der Waals surface area (Å²) in [4.78, 5) is 24.4. The number of nitrogens with two attached hydrogens (primary N) is 1. The molecule has 0 fully saturated rings. The van der Waals surface area contributed by atoms with Gasteiger partial charge in [-0.15, -0.1) is 0 Å². The fraction of sp³-hybridized carbons (Fsp3) is 0.571. The number of amides is 1. The van der Waals surface area contributed by atoms with Crippen molar-refractivity contribution in [1.29, 1.82) is 0 Å². The Balaban J connectivity index is 3.92. The lowest BCUT2D eigenvalue weighted by Gasteiger charge is -2.10. The molecule has 0 aliphatic carbocycles. The summed E-state index contributed by atoms with van der Waals surface area (Å²) in [5, 5.41) is 0. The molecule has 0 unspecified atom stereocenters. The lowest BCUT2D eigenvalue weighted by atomic mass is 10.7. The third-order valence-corrected chi connectivity index (χ3v) is 0.866. The number of carbonyl (C=O) groups excluding carboxylic acids is 2. The van der Waals surface area contributed by atoms with E-state index in [9.17, 15) is 9.59 Å². The van der Waals surface area contributed by atoms with Crippen LogP contribution in [-0.2, 0) is 14.3 Å². The molecule has 2 N–H and O–H groups in total. The summed E-state index contributed by atoms with van der Waals surface area (Å²) in [5.74, 6) is -0.450. The molecule has 1 atom stereocenters. The zero-order valence-corrected chi connectivity index (χ0v) is 7.73. The number of rotatable bonds is 2.